The highest BCUT2D eigenvalue weighted by atomic mass is 19.1. The van der Waals surface area contributed by atoms with Gasteiger partial charge in [-0.3, -0.25) is 24.7 Å². The molecule has 1 saturated heterocycles. The first-order valence-corrected chi connectivity index (χ1v) is 9.96. The van der Waals surface area contributed by atoms with Crippen molar-refractivity contribution < 1.29 is 24.0 Å². The molecule has 33 heavy (non-hydrogen) atoms. The lowest BCUT2D eigenvalue weighted by molar-refractivity contribution is -0.384. The smallest absolute Gasteiger partial charge is 0.295 e. The first-order valence-electron chi connectivity index (χ1n) is 9.96. The van der Waals surface area contributed by atoms with E-state index in [4.69, 9.17) is 0 Å². The van der Waals surface area contributed by atoms with Gasteiger partial charge in [0, 0.05) is 36.6 Å². The number of aliphatic hydroxyl groups excluding tert-OH is 1. The summed E-state index contributed by atoms with van der Waals surface area (Å²) >= 11 is 0. The average Bonchev–Trinajstić information content (AvgIpc) is 3.06. The number of nitro groups is 1. The van der Waals surface area contributed by atoms with Crippen LogP contribution < -0.4 is 0 Å². The zero-order valence-electron chi connectivity index (χ0n) is 17.4. The second-order valence-electron chi connectivity index (χ2n) is 7.60. The molecular formula is C24H18FN3O5. The maximum absolute atomic E-state index is 14.1. The Morgan fingerprint density at radius 2 is 1.91 bits per heavy atom. The van der Waals surface area contributed by atoms with Crippen LogP contribution in [0.4, 0.5) is 10.1 Å². The standard InChI is InChI=1S/C24H18FN3O5/c1-14-4-5-17(11-19(14)25)22(29)20-21(16-6-8-18(9-7-16)28(32)33)27(24(31)23(20)30)13-15-3-2-10-26-12-15/h2-12,21,29H,13H2,1H3. The third kappa shape index (κ3) is 4.08. The van der Waals surface area contributed by atoms with Gasteiger partial charge in [-0.1, -0.05) is 18.2 Å². The molecule has 0 saturated carbocycles. The van der Waals surface area contributed by atoms with Crippen molar-refractivity contribution in [1.82, 2.24) is 9.88 Å². The molecule has 0 aliphatic carbocycles. The molecule has 2 aromatic carbocycles. The van der Waals surface area contributed by atoms with Gasteiger partial charge in [-0.2, -0.15) is 0 Å². The van der Waals surface area contributed by atoms with Gasteiger partial charge in [0.2, 0.25) is 0 Å². The Morgan fingerprint density at radius 1 is 1.18 bits per heavy atom. The number of pyridine rings is 1. The van der Waals surface area contributed by atoms with Gasteiger partial charge >= 0.3 is 0 Å². The van der Waals surface area contributed by atoms with Crippen LogP contribution in [0.5, 0.6) is 0 Å². The van der Waals surface area contributed by atoms with Crippen LogP contribution >= 0.6 is 0 Å². The van der Waals surface area contributed by atoms with E-state index in [2.05, 4.69) is 4.98 Å². The van der Waals surface area contributed by atoms with Gasteiger partial charge in [0.15, 0.2) is 0 Å². The highest BCUT2D eigenvalue weighted by Gasteiger charge is 2.46. The Morgan fingerprint density at radius 3 is 2.52 bits per heavy atom. The Bertz CT molecular complexity index is 1290. The molecule has 1 amide bonds. The first kappa shape index (κ1) is 21.8. The summed E-state index contributed by atoms with van der Waals surface area (Å²) in [7, 11) is 0. The third-order valence-electron chi connectivity index (χ3n) is 5.48. The van der Waals surface area contributed by atoms with Crippen molar-refractivity contribution in [3.63, 3.8) is 0 Å². The summed E-state index contributed by atoms with van der Waals surface area (Å²) in [5.74, 6) is -2.88. The summed E-state index contributed by atoms with van der Waals surface area (Å²) in [5.41, 5.74) is 1.05. The fraction of sp³-hybridized carbons (Fsp3) is 0.125. The molecule has 1 fully saturated rings. The van der Waals surface area contributed by atoms with E-state index < -0.39 is 34.2 Å². The molecule has 1 N–H and O–H groups in total. The van der Waals surface area contributed by atoms with Crippen LogP contribution in [0.1, 0.15) is 28.3 Å². The van der Waals surface area contributed by atoms with Crippen molar-refractivity contribution in [2.24, 2.45) is 0 Å². The second kappa shape index (κ2) is 8.62. The molecular weight excluding hydrogens is 429 g/mol. The lowest BCUT2D eigenvalue weighted by atomic mass is 9.94. The van der Waals surface area contributed by atoms with E-state index in [1.807, 2.05) is 0 Å². The van der Waals surface area contributed by atoms with E-state index in [1.54, 1.807) is 31.5 Å². The van der Waals surface area contributed by atoms with Crippen molar-refractivity contribution >= 4 is 23.1 Å². The number of ketones is 1. The molecule has 4 rings (SSSR count). The number of halogens is 1. The number of carbonyl (C=O) groups excluding carboxylic acids is 2. The topological polar surface area (TPSA) is 114 Å². The number of aliphatic hydroxyl groups is 1. The average molecular weight is 447 g/mol. The minimum atomic E-state index is -1.03. The van der Waals surface area contributed by atoms with Gasteiger partial charge in [0.1, 0.15) is 11.6 Å². The molecule has 1 aliphatic rings. The number of carbonyl (C=O) groups is 2. The number of nitrogens with zero attached hydrogens (tertiary/aromatic N) is 3. The minimum Gasteiger partial charge on any atom is -0.507 e. The number of Topliss-reactive ketones (excluding diaryl/α,β-unsaturated/α-hetero) is 1. The molecule has 1 aromatic heterocycles. The third-order valence-corrected chi connectivity index (χ3v) is 5.48. The summed E-state index contributed by atoms with van der Waals surface area (Å²) in [6, 6.07) is 11.7. The van der Waals surface area contributed by atoms with E-state index in [1.165, 1.54) is 41.3 Å². The molecule has 2 heterocycles. The monoisotopic (exact) mass is 447 g/mol. The van der Waals surface area contributed by atoms with Crippen LogP contribution in [-0.4, -0.2) is 31.6 Å². The maximum atomic E-state index is 14.1. The van der Waals surface area contributed by atoms with E-state index in [0.29, 0.717) is 16.7 Å². The van der Waals surface area contributed by atoms with Crippen molar-refractivity contribution in [1.29, 1.82) is 0 Å². The van der Waals surface area contributed by atoms with Crippen molar-refractivity contribution in [2.45, 2.75) is 19.5 Å². The van der Waals surface area contributed by atoms with E-state index in [9.17, 15) is 29.2 Å². The van der Waals surface area contributed by atoms with Crippen LogP contribution in [-0.2, 0) is 16.1 Å². The number of benzene rings is 2. The molecule has 9 heteroatoms. The zero-order valence-corrected chi connectivity index (χ0v) is 17.4. The number of hydrogen-bond donors (Lipinski definition) is 1. The highest BCUT2D eigenvalue weighted by Crippen LogP contribution is 2.40. The van der Waals surface area contributed by atoms with Crippen LogP contribution in [0.3, 0.4) is 0 Å². The van der Waals surface area contributed by atoms with E-state index >= 15 is 0 Å². The number of aryl methyl sites for hydroxylation is 1. The molecule has 0 radical (unpaired) electrons. The number of nitro benzene ring substituents is 1. The van der Waals surface area contributed by atoms with Gasteiger partial charge in [0.05, 0.1) is 16.5 Å². The predicted octanol–water partition coefficient (Wildman–Crippen LogP) is 4.06. The van der Waals surface area contributed by atoms with Crippen LogP contribution in [0.15, 0.2) is 72.6 Å². The fourth-order valence-electron chi connectivity index (χ4n) is 3.75. The number of hydrogen-bond acceptors (Lipinski definition) is 6. The van der Waals surface area contributed by atoms with Gasteiger partial charge in [-0.15, -0.1) is 0 Å². The van der Waals surface area contributed by atoms with E-state index in [0.717, 1.165) is 6.07 Å². The highest BCUT2D eigenvalue weighted by molar-refractivity contribution is 6.46. The number of rotatable bonds is 5. The predicted molar refractivity (Wildman–Crippen MR) is 116 cm³/mol. The SMILES string of the molecule is Cc1ccc(C(O)=C2C(=O)C(=O)N(Cc3cccnc3)C2c2ccc([N+](=O)[O-])cc2)cc1F. The Labute approximate surface area is 187 Å². The largest absolute Gasteiger partial charge is 0.507 e. The van der Waals surface area contributed by atoms with E-state index in [-0.39, 0.29) is 23.4 Å². The van der Waals surface area contributed by atoms with Crippen molar-refractivity contribution in [2.75, 3.05) is 0 Å². The molecule has 1 aliphatic heterocycles. The molecule has 1 unspecified atom stereocenters. The summed E-state index contributed by atoms with van der Waals surface area (Å²) in [6.45, 7) is 1.57. The van der Waals surface area contributed by atoms with Gasteiger partial charge in [0.25, 0.3) is 17.4 Å². The van der Waals surface area contributed by atoms with Crippen molar-refractivity contribution in [3.8, 4) is 0 Å². The summed E-state index contributed by atoms with van der Waals surface area (Å²) < 4.78 is 14.1. The van der Waals surface area contributed by atoms with Gasteiger partial charge < -0.3 is 10.0 Å². The minimum absolute atomic E-state index is 0.0130. The lowest BCUT2D eigenvalue weighted by Gasteiger charge is -2.25. The second-order valence-corrected chi connectivity index (χ2v) is 7.60. The molecule has 1 atom stereocenters. The first-order chi connectivity index (χ1) is 15.8. The molecule has 8 nitrogen and oxygen atoms in total. The fourth-order valence-corrected chi connectivity index (χ4v) is 3.75. The summed E-state index contributed by atoms with van der Waals surface area (Å²) in [4.78, 5) is 41.7. The van der Waals surface area contributed by atoms with Gasteiger partial charge in [-0.05, 0) is 47.9 Å². The zero-order chi connectivity index (χ0) is 23.7. The molecule has 166 valence electrons. The Kier molecular flexibility index (Phi) is 5.70. The Hall–Kier alpha value is -4.40. The lowest BCUT2D eigenvalue weighted by Crippen LogP contribution is -2.29. The quantitative estimate of drug-likeness (QED) is 0.207. The van der Waals surface area contributed by atoms with Gasteiger partial charge in [-0.25, -0.2) is 4.39 Å². The number of amides is 1. The number of likely N-dealkylation sites (tertiary alicyclic amines) is 1. The number of non-ortho nitro benzene ring substituents is 1. The van der Waals surface area contributed by atoms with Crippen LogP contribution in [0.2, 0.25) is 0 Å². The van der Waals surface area contributed by atoms with Crippen molar-refractivity contribution in [3.05, 3.63) is 111 Å². The number of aromatic nitrogens is 1. The summed E-state index contributed by atoms with van der Waals surface area (Å²) in [5, 5.41) is 22.0. The molecule has 0 spiro atoms. The summed E-state index contributed by atoms with van der Waals surface area (Å²) in [6.07, 6.45) is 3.11. The maximum Gasteiger partial charge on any atom is 0.295 e. The molecule has 0 bridgehead atoms. The normalized spacial score (nSPS) is 17.4. The molecule has 3 aromatic rings. The Balaban J connectivity index is 1.87. The van der Waals surface area contributed by atoms with Crippen LogP contribution in [0, 0.1) is 22.9 Å². The van der Waals surface area contributed by atoms with Crippen LogP contribution in [0.25, 0.3) is 5.76 Å².